The van der Waals surface area contributed by atoms with Crippen LogP contribution in [0.25, 0.3) is 15.8 Å². The van der Waals surface area contributed by atoms with Crippen LogP contribution in [-0.2, 0) is 4.79 Å². The number of nitrogens with one attached hydrogen (secondary N) is 1. The van der Waals surface area contributed by atoms with E-state index in [4.69, 9.17) is 9.47 Å². The minimum atomic E-state index is -1.08. The molecule has 0 atom stereocenters. The summed E-state index contributed by atoms with van der Waals surface area (Å²) in [5.74, 6) is -0.358. The van der Waals surface area contributed by atoms with E-state index in [0.29, 0.717) is 16.4 Å². The van der Waals surface area contributed by atoms with Crippen LogP contribution in [0.5, 0.6) is 11.5 Å². The van der Waals surface area contributed by atoms with Crippen LogP contribution in [0.4, 0.5) is 5.69 Å². The van der Waals surface area contributed by atoms with E-state index in [0.717, 1.165) is 10.4 Å². The Bertz CT molecular complexity index is 1020. The van der Waals surface area contributed by atoms with E-state index in [1.165, 1.54) is 35.9 Å². The van der Waals surface area contributed by atoms with E-state index in [9.17, 15) is 14.7 Å². The molecule has 2 heterocycles. The molecule has 0 bridgehead atoms. The molecule has 0 spiro atoms. The number of hydrogen-bond donors (Lipinski definition) is 2. The van der Waals surface area contributed by atoms with Crippen LogP contribution in [0.1, 0.15) is 15.9 Å². The molecule has 3 aromatic rings. The fourth-order valence-electron chi connectivity index (χ4n) is 2.55. The van der Waals surface area contributed by atoms with Gasteiger partial charge in [-0.2, -0.15) is 0 Å². The van der Waals surface area contributed by atoms with Gasteiger partial charge in [0.15, 0.2) is 11.5 Å². The molecule has 3 rings (SSSR count). The van der Waals surface area contributed by atoms with Crippen LogP contribution in [-0.4, -0.2) is 31.2 Å². The van der Waals surface area contributed by atoms with Crippen molar-refractivity contribution in [3.05, 3.63) is 58.3 Å². The molecule has 144 valence electrons. The van der Waals surface area contributed by atoms with Gasteiger partial charge in [0, 0.05) is 16.3 Å². The molecule has 2 N–H and O–H groups in total. The summed E-state index contributed by atoms with van der Waals surface area (Å²) >= 11 is 2.74. The number of carbonyl (C=O) groups is 2. The van der Waals surface area contributed by atoms with Gasteiger partial charge in [-0.15, -0.1) is 22.7 Å². The smallest absolute Gasteiger partial charge is 0.339 e. The van der Waals surface area contributed by atoms with Gasteiger partial charge in [0.05, 0.1) is 24.8 Å². The summed E-state index contributed by atoms with van der Waals surface area (Å²) in [4.78, 5) is 25.5. The van der Waals surface area contributed by atoms with E-state index in [1.807, 2.05) is 17.5 Å². The second kappa shape index (κ2) is 8.73. The lowest BCUT2D eigenvalue weighted by Gasteiger charge is -2.07. The third-order valence-electron chi connectivity index (χ3n) is 3.84. The average Bonchev–Trinajstić information content (AvgIpc) is 3.35. The molecule has 1 aromatic carbocycles. The maximum absolute atomic E-state index is 12.3. The number of benzene rings is 1. The van der Waals surface area contributed by atoms with E-state index in [-0.39, 0.29) is 11.3 Å². The lowest BCUT2D eigenvalue weighted by molar-refractivity contribution is -0.111. The average molecular weight is 415 g/mol. The quantitative estimate of drug-likeness (QED) is 0.539. The molecule has 0 unspecified atom stereocenters. The first-order chi connectivity index (χ1) is 13.5. The molecule has 0 fully saturated rings. The number of carboxylic acid groups (broad SMARTS) is 1. The Balaban J connectivity index is 1.78. The van der Waals surface area contributed by atoms with E-state index < -0.39 is 11.9 Å². The van der Waals surface area contributed by atoms with Gasteiger partial charge in [-0.1, -0.05) is 12.1 Å². The molecule has 2 aromatic heterocycles. The zero-order chi connectivity index (χ0) is 20.1. The standard InChI is InChI=1S/C20H17NO5S2/c1-25-14-7-5-12(10-15(14)26-2)6-8-17(22)21-13-11-28-19(18(13)20(23)24)16-4-3-9-27-16/h3-11H,1-2H3,(H,21,22)(H,23,24)/b8-6+. The Hall–Kier alpha value is -3.10. The van der Waals surface area contributed by atoms with Crippen LogP contribution < -0.4 is 14.8 Å². The minimum absolute atomic E-state index is 0.0975. The molecule has 1 amide bonds. The molecule has 0 aliphatic carbocycles. The van der Waals surface area contributed by atoms with Gasteiger partial charge in [-0.05, 0) is 35.2 Å². The number of anilines is 1. The molecular formula is C20H17NO5S2. The molecule has 28 heavy (non-hydrogen) atoms. The van der Waals surface area contributed by atoms with Gasteiger partial charge in [-0.25, -0.2) is 4.79 Å². The summed E-state index contributed by atoms with van der Waals surface area (Å²) in [5, 5.41) is 15.7. The number of ether oxygens (including phenoxy) is 2. The van der Waals surface area contributed by atoms with Gasteiger partial charge in [0.2, 0.25) is 5.91 Å². The zero-order valence-electron chi connectivity index (χ0n) is 15.1. The first-order valence-corrected chi connectivity index (χ1v) is 9.89. The van der Waals surface area contributed by atoms with E-state index in [2.05, 4.69) is 5.32 Å². The lowest BCUT2D eigenvalue weighted by atomic mass is 10.1. The van der Waals surface area contributed by atoms with Gasteiger partial charge in [0.1, 0.15) is 5.56 Å². The Morgan fingerprint density at radius 3 is 2.54 bits per heavy atom. The molecule has 6 nitrogen and oxygen atoms in total. The second-order valence-electron chi connectivity index (χ2n) is 5.57. The lowest BCUT2D eigenvalue weighted by Crippen LogP contribution is -2.10. The van der Waals surface area contributed by atoms with Crippen molar-refractivity contribution in [2.24, 2.45) is 0 Å². The Labute approximate surface area is 169 Å². The normalized spacial score (nSPS) is 10.8. The Morgan fingerprint density at radius 1 is 1.11 bits per heavy atom. The summed E-state index contributed by atoms with van der Waals surface area (Å²) in [7, 11) is 3.08. The van der Waals surface area contributed by atoms with Gasteiger partial charge in [0.25, 0.3) is 0 Å². The number of methoxy groups -OCH3 is 2. The van der Waals surface area contributed by atoms with Crippen LogP contribution in [0.3, 0.4) is 0 Å². The van der Waals surface area contributed by atoms with Crippen molar-refractivity contribution >= 4 is 46.3 Å². The second-order valence-corrected chi connectivity index (χ2v) is 7.40. The fourth-order valence-corrected chi connectivity index (χ4v) is 4.42. The van der Waals surface area contributed by atoms with Gasteiger partial charge >= 0.3 is 5.97 Å². The maximum atomic E-state index is 12.3. The monoisotopic (exact) mass is 415 g/mol. The number of hydrogen-bond acceptors (Lipinski definition) is 6. The topological polar surface area (TPSA) is 84.9 Å². The van der Waals surface area contributed by atoms with Crippen molar-refractivity contribution in [1.29, 1.82) is 0 Å². The highest BCUT2D eigenvalue weighted by atomic mass is 32.1. The number of carbonyl (C=O) groups excluding carboxylic acids is 1. The van der Waals surface area contributed by atoms with Crippen molar-refractivity contribution in [1.82, 2.24) is 0 Å². The molecular weight excluding hydrogens is 398 g/mol. The Kier molecular flexibility index (Phi) is 6.13. The molecule has 0 radical (unpaired) electrons. The molecule has 0 aliphatic heterocycles. The summed E-state index contributed by atoms with van der Waals surface area (Å²) in [5.41, 5.74) is 1.12. The first-order valence-electron chi connectivity index (χ1n) is 8.13. The summed E-state index contributed by atoms with van der Waals surface area (Å²) in [6.07, 6.45) is 2.96. The molecule has 0 aliphatic rings. The zero-order valence-corrected chi connectivity index (χ0v) is 16.7. The number of carboxylic acids is 1. The summed E-state index contributed by atoms with van der Waals surface area (Å²) in [6.45, 7) is 0. The van der Waals surface area contributed by atoms with Crippen molar-refractivity contribution < 1.29 is 24.2 Å². The largest absolute Gasteiger partial charge is 0.493 e. The van der Waals surface area contributed by atoms with Crippen molar-refractivity contribution in [3.8, 4) is 21.3 Å². The Morgan fingerprint density at radius 2 is 1.89 bits per heavy atom. The van der Waals surface area contributed by atoms with Crippen molar-refractivity contribution in [2.45, 2.75) is 0 Å². The fraction of sp³-hybridized carbons (Fsp3) is 0.100. The first kappa shape index (κ1) is 19.7. The molecule has 0 saturated heterocycles. The van der Waals surface area contributed by atoms with Gasteiger partial charge in [-0.3, -0.25) is 4.79 Å². The van der Waals surface area contributed by atoms with Crippen LogP contribution in [0.2, 0.25) is 0 Å². The number of thiophene rings is 2. The predicted molar refractivity (Wildman–Crippen MR) is 112 cm³/mol. The summed E-state index contributed by atoms with van der Waals surface area (Å²) < 4.78 is 10.4. The summed E-state index contributed by atoms with van der Waals surface area (Å²) in [6, 6.07) is 8.98. The highest BCUT2D eigenvalue weighted by Crippen LogP contribution is 2.38. The van der Waals surface area contributed by atoms with Crippen molar-refractivity contribution in [3.63, 3.8) is 0 Å². The van der Waals surface area contributed by atoms with E-state index >= 15 is 0 Å². The van der Waals surface area contributed by atoms with Gasteiger partial charge < -0.3 is 19.9 Å². The van der Waals surface area contributed by atoms with Crippen LogP contribution >= 0.6 is 22.7 Å². The van der Waals surface area contributed by atoms with Crippen LogP contribution in [0, 0.1) is 0 Å². The minimum Gasteiger partial charge on any atom is -0.493 e. The number of aromatic carboxylic acids is 1. The highest BCUT2D eigenvalue weighted by molar-refractivity contribution is 7.21. The number of rotatable bonds is 7. The van der Waals surface area contributed by atoms with Crippen LogP contribution in [0.15, 0.2) is 47.2 Å². The van der Waals surface area contributed by atoms with E-state index in [1.54, 1.807) is 36.8 Å². The van der Waals surface area contributed by atoms with Crippen molar-refractivity contribution in [2.75, 3.05) is 19.5 Å². The third kappa shape index (κ3) is 4.24. The SMILES string of the molecule is COc1ccc(/C=C/C(=O)Nc2csc(-c3cccs3)c2C(=O)O)cc1OC. The molecule has 0 saturated carbocycles. The third-order valence-corrected chi connectivity index (χ3v) is 5.87. The highest BCUT2D eigenvalue weighted by Gasteiger charge is 2.21. The maximum Gasteiger partial charge on any atom is 0.339 e. The predicted octanol–water partition coefficient (Wildman–Crippen LogP) is 4.84. The molecule has 8 heteroatoms. The number of amides is 1.